The molecule has 2 aromatic heterocycles. The smallest absolute Gasteiger partial charge is 0.270 e. The van der Waals surface area contributed by atoms with E-state index < -0.39 is 0 Å². The summed E-state index contributed by atoms with van der Waals surface area (Å²) >= 11 is 0. The third kappa shape index (κ3) is 4.34. The Morgan fingerprint density at radius 2 is 1.70 bits per heavy atom. The number of fused-ring (bicyclic) bond motifs is 2. The quantitative estimate of drug-likeness (QED) is 0.452. The lowest BCUT2D eigenvalue weighted by Gasteiger charge is -2.34. The fourth-order valence-electron chi connectivity index (χ4n) is 4.33. The summed E-state index contributed by atoms with van der Waals surface area (Å²) in [7, 11) is 3.21. The molecule has 5 rings (SSSR count). The third-order valence-corrected chi connectivity index (χ3v) is 6.22. The number of carbonyl (C=O) groups excluding carboxylic acids is 1. The monoisotopic (exact) mass is 448 g/mol. The van der Waals surface area contributed by atoms with Gasteiger partial charge in [0.15, 0.2) is 11.5 Å². The van der Waals surface area contributed by atoms with Gasteiger partial charge in [0.25, 0.3) is 5.91 Å². The molecule has 33 heavy (non-hydrogen) atoms. The molecule has 3 heterocycles. The molecule has 0 bridgehead atoms. The molecule has 4 aromatic rings. The Morgan fingerprint density at radius 1 is 0.909 bits per heavy atom. The first-order valence-corrected chi connectivity index (χ1v) is 11.1. The zero-order chi connectivity index (χ0) is 22.8. The highest BCUT2D eigenvalue weighted by Gasteiger charge is 2.23. The number of hydrogen-bond acceptors (Lipinski definition) is 5. The van der Waals surface area contributed by atoms with E-state index in [1.54, 1.807) is 14.2 Å². The van der Waals surface area contributed by atoms with E-state index in [4.69, 9.17) is 14.2 Å². The molecule has 1 saturated heterocycles. The highest BCUT2D eigenvalue weighted by Crippen LogP contribution is 2.32. The molecule has 1 aliphatic heterocycles. The largest absolute Gasteiger partial charge is 0.493 e. The summed E-state index contributed by atoms with van der Waals surface area (Å²) in [6, 6.07) is 13.7. The van der Waals surface area contributed by atoms with Crippen LogP contribution in [0.25, 0.3) is 21.8 Å². The average molecular weight is 449 g/mol. The maximum absolute atomic E-state index is 13.1. The zero-order valence-electron chi connectivity index (χ0n) is 18.9. The SMILES string of the molecule is COc1cc2cc(C(=O)N3CCN(CCOc4ccc5[nH]ccc5c4)CC3)[nH]c2cc1OC. The van der Waals surface area contributed by atoms with Gasteiger partial charge in [-0.15, -0.1) is 0 Å². The summed E-state index contributed by atoms with van der Waals surface area (Å²) in [5, 5.41) is 2.07. The van der Waals surface area contributed by atoms with Crippen molar-refractivity contribution in [1.29, 1.82) is 0 Å². The molecule has 2 N–H and O–H groups in total. The van der Waals surface area contributed by atoms with Crippen LogP contribution in [0.3, 0.4) is 0 Å². The fraction of sp³-hybridized carbons (Fsp3) is 0.320. The normalized spacial score (nSPS) is 14.7. The van der Waals surface area contributed by atoms with Crippen molar-refractivity contribution >= 4 is 27.7 Å². The Kier molecular flexibility index (Phi) is 5.83. The molecule has 1 aliphatic rings. The molecule has 172 valence electrons. The Balaban J connectivity index is 1.14. The van der Waals surface area contributed by atoms with Crippen molar-refractivity contribution in [3.05, 3.63) is 54.4 Å². The fourth-order valence-corrected chi connectivity index (χ4v) is 4.33. The molecule has 1 fully saturated rings. The van der Waals surface area contributed by atoms with Crippen LogP contribution in [0.1, 0.15) is 10.5 Å². The molecule has 0 radical (unpaired) electrons. The van der Waals surface area contributed by atoms with Crippen molar-refractivity contribution in [2.24, 2.45) is 0 Å². The van der Waals surface area contributed by atoms with Gasteiger partial charge in [-0.25, -0.2) is 0 Å². The molecule has 0 aliphatic carbocycles. The molecule has 2 aromatic carbocycles. The summed E-state index contributed by atoms with van der Waals surface area (Å²) in [5.74, 6) is 2.17. The van der Waals surface area contributed by atoms with E-state index in [1.807, 2.05) is 53.6 Å². The number of carbonyl (C=O) groups is 1. The van der Waals surface area contributed by atoms with Crippen LogP contribution in [-0.2, 0) is 0 Å². The van der Waals surface area contributed by atoms with Gasteiger partial charge in [-0.05, 0) is 36.4 Å². The molecule has 0 unspecified atom stereocenters. The molecule has 0 spiro atoms. The second kappa shape index (κ2) is 9.07. The summed E-state index contributed by atoms with van der Waals surface area (Å²) in [4.78, 5) is 23.7. The maximum atomic E-state index is 13.1. The highest BCUT2D eigenvalue weighted by molar-refractivity contribution is 5.98. The van der Waals surface area contributed by atoms with Gasteiger partial charge in [-0.2, -0.15) is 0 Å². The predicted molar refractivity (Wildman–Crippen MR) is 128 cm³/mol. The number of nitrogens with one attached hydrogen (secondary N) is 2. The number of methoxy groups -OCH3 is 2. The van der Waals surface area contributed by atoms with Gasteiger partial charge < -0.3 is 29.1 Å². The molecule has 0 saturated carbocycles. The summed E-state index contributed by atoms with van der Waals surface area (Å²) in [6.07, 6.45) is 1.93. The average Bonchev–Trinajstić information content (AvgIpc) is 3.49. The lowest BCUT2D eigenvalue weighted by molar-refractivity contribution is 0.0615. The van der Waals surface area contributed by atoms with Gasteiger partial charge in [0, 0.05) is 66.8 Å². The third-order valence-electron chi connectivity index (χ3n) is 6.22. The van der Waals surface area contributed by atoms with Crippen LogP contribution in [0.4, 0.5) is 0 Å². The first-order chi connectivity index (χ1) is 16.1. The first kappa shape index (κ1) is 21.2. The molecule has 0 atom stereocenters. The van der Waals surface area contributed by atoms with Crippen LogP contribution in [0.15, 0.2) is 48.7 Å². The van der Waals surface area contributed by atoms with Crippen molar-refractivity contribution < 1.29 is 19.0 Å². The van der Waals surface area contributed by atoms with E-state index in [9.17, 15) is 4.79 Å². The van der Waals surface area contributed by atoms with Crippen LogP contribution in [0, 0.1) is 0 Å². The molecule has 1 amide bonds. The first-order valence-electron chi connectivity index (χ1n) is 11.1. The van der Waals surface area contributed by atoms with Crippen molar-refractivity contribution in [3.8, 4) is 17.2 Å². The standard InChI is InChI=1S/C25H28N4O4/c1-31-23-15-18-14-22(27-21(18)16-24(23)32-2)25(30)29-9-7-28(8-10-29)11-12-33-19-3-4-20-17(13-19)5-6-26-20/h3-6,13-16,26-27H,7-12H2,1-2H3. The Hall–Kier alpha value is -3.65. The molecule has 8 nitrogen and oxygen atoms in total. The lowest BCUT2D eigenvalue weighted by Crippen LogP contribution is -2.49. The van der Waals surface area contributed by atoms with Crippen LogP contribution < -0.4 is 14.2 Å². The Labute approximate surface area is 192 Å². The molecular formula is C25H28N4O4. The number of H-pyrrole nitrogens is 2. The summed E-state index contributed by atoms with van der Waals surface area (Å²) in [6.45, 7) is 4.49. The predicted octanol–water partition coefficient (Wildman–Crippen LogP) is 3.50. The minimum atomic E-state index is 0.0137. The molecule has 8 heteroatoms. The summed E-state index contributed by atoms with van der Waals surface area (Å²) < 4.78 is 16.7. The van der Waals surface area contributed by atoms with Crippen LogP contribution in [-0.4, -0.2) is 79.2 Å². The van der Waals surface area contributed by atoms with E-state index in [1.165, 1.54) is 0 Å². The Morgan fingerprint density at radius 3 is 2.48 bits per heavy atom. The van der Waals surface area contributed by atoms with Gasteiger partial charge in [0.1, 0.15) is 18.1 Å². The van der Waals surface area contributed by atoms with E-state index in [-0.39, 0.29) is 5.91 Å². The van der Waals surface area contributed by atoms with Crippen molar-refractivity contribution in [1.82, 2.24) is 19.8 Å². The van der Waals surface area contributed by atoms with E-state index in [0.717, 1.165) is 47.2 Å². The second-order valence-electron chi connectivity index (χ2n) is 8.19. The van der Waals surface area contributed by atoms with Gasteiger partial charge >= 0.3 is 0 Å². The number of hydrogen-bond donors (Lipinski definition) is 2. The number of aromatic amines is 2. The number of rotatable bonds is 7. The zero-order valence-corrected chi connectivity index (χ0v) is 18.9. The summed E-state index contributed by atoms with van der Waals surface area (Å²) in [5.41, 5.74) is 2.54. The van der Waals surface area contributed by atoms with Gasteiger partial charge in [-0.3, -0.25) is 9.69 Å². The highest BCUT2D eigenvalue weighted by atomic mass is 16.5. The molecular weight excluding hydrogens is 420 g/mol. The number of aromatic nitrogens is 2. The lowest BCUT2D eigenvalue weighted by atomic mass is 10.2. The van der Waals surface area contributed by atoms with Crippen LogP contribution in [0.5, 0.6) is 17.2 Å². The maximum Gasteiger partial charge on any atom is 0.270 e. The van der Waals surface area contributed by atoms with Crippen LogP contribution >= 0.6 is 0 Å². The van der Waals surface area contributed by atoms with Gasteiger partial charge in [0.05, 0.1) is 14.2 Å². The van der Waals surface area contributed by atoms with Crippen molar-refractivity contribution in [3.63, 3.8) is 0 Å². The topological polar surface area (TPSA) is 82.8 Å². The van der Waals surface area contributed by atoms with E-state index >= 15 is 0 Å². The van der Waals surface area contributed by atoms with Crippen molar-refractivity contribution in [2.45, 2.75) is 0 Å². The van der Waals surface area contributed by atoms with E-state index in [0.29, 0.717) is 36.9 Å². The Bertz CT molecular complexity index is 1230. The van der Waals surface area contributed by atoms with Crippen LogP contribution in [0.2, 0.25) is 0 Å². The minimum absolute atomic E-state index is 0.0137. The number of nitrogens with zero attached hydrogens (tertiary/aromatic N) is 2. The van der Waals surface area contributed by atoms with Gasteiger partial charge in [0.2, 0.25) is 0 Å². The number of piperazine rings is 1. The number of ether oxygens (including phenoxy) is 3. The van der Waals surface area contributed by atoms with E-state index in [2.05, 4.69) is 14.9 Å². The minimum Gasteiger partial charge on any atom is -0.493 e. The second-order valence-corrected chi connectivity index (χ2v) is 8.19. The van der Waals surface area contributed by atoms with Gasteiger partial charge in [-0.1, -0.05) is 0 Å². The number of amides is 1. The van der Waals surface area contributed by atoms with Crippen molar-refractivity contribution in [2.75, 3.05) is 53.6 Å². The number of benzene rings is 2.